The molecule has 4 heterocycles. The highest BCUT2D eigenvalue weighted by atomic mass is 32.1. The minimum absolute atomic E-state index is 0.0710. The second-order valence-electron chi connectivity index (χ2n) is 7.99. The summed E-state index contributed by atoms with van der Waals surface area (Å²) in [5, 5.41) is 7.93. The molecule has 1 N–H and O–H groups in total. The third kappa shape index (κ3) is 3.65. The van der Waals surface area contributed by atoms with Gasteiger partial charge in [-0.05, 0) is 57.0 Å². The van der Waals surface area contributed by atoms with E-state index in [0.29, 0.717) is 29.1 Å². The molecule has 30 heavy (non-hydrogen) atoms. The van der Waals surface area contributed by atoms with Crippen molar-refractivity contribution in [3.8, 4) is 0 Å². The minimum atomic E-state index is -0.332. The molecule has 0 aliphatic carbocycles. The first kappa shape index (κ1) is 19.4. The van der Waals surface area contributed by atoms with E-state index in [1.807, 2.05) is 0 Å². The summed E-state index contributed by atoms with van der Waals surface area (Å²) in [5.74, 6) is -0.0912. The van der Waals surface area contributed by atoms with Crippen molar-refractivity contribution in [1.29, 1.82) is 0 Å². The van der Waals surface area contributed by atoms with E-state index < -0.39 is 0 Å². The second-order valence-corrected chi connectivity index (χ2v) is 9.13. The van der Waals surface area contributed by atoms with Crippen LogP contribution in [0.1, 0.15) is 55.8 Å². The number of hydrogen-bond donors (Lipinski definition) is 1. The van der Waals surface area contributed by atoms with Gasteiger partial charge in [-0.15, -0.1) is 11.3 Å². The predicted molar refractivity (Wildman–Crippen MR) is 112 cm³/mol. The Morgan fingerprint density at radius 3 is 2.97 bits per heavy atom. The van der Waals surface area contributed by atoms with Crippen molar-refractivity contribution in [2.24, 2.45) is 0 Å². The van der Waals surface area contributed by atoms with Gasteiger partial charge in [-0.2, -0.15) is 0 Å². The lowest BCUT2D eigenvalue weighted by atomic mass is 9.91. The van der Waals surface area contributed by atoms with Gasteiger partial charge in [0.05, 0.1) is 22.7 Å². The number of Topliss-reactive ketones (excluding diaryl/α,β-unsaturated/α-hetero) is 1. The summed E-state index contributed by atoms with van der Waals surface area (Å²) in [6.45, 7) is 2.63. The van der Waals surface area contributed by atoms with Gasteiger partial charge in [-0.1, -0.05) is 5.16 Å². The third-order valence-electron chi connectivity index (χ3n) is 6.00. The average molecular weight is 428 g/mol. The Morgan fingerprint density at radius 2 is 2.13 bits per heavy atom. The van der Waals surface area contributed by atoms with Crippen LogP contribution in [0.4, 0.5) is 4.39 Å². The first-order valence-electron chi connectivity index (χ1n) is 10.3. The van der Waals surface area contributed by atoms with Gasteiger partial charge in [-0.3, -0.25) is 14.5 Å². The molecule has 1 fully saturated rings. The van der Waals surface area contributed by atoms with Crippen molar-refractivity contribution in [3.05, 3.63) is 51.1 Å². The normalized spacial score (nSPS) is 18.2. The number of thiophene rings is 1. The maximum Gasteiger partial charge on any atom is 0.252 e. The molecule has 0 radical (unpaired) electrons. The molecule has 1 amide bonds. The second kappa shape index (κ2) is 7.92. The predicted octanol–water partition coefficient (Wildman–Crippen LogP) is 3.77. The van der Waals surface area contributed by atoms with Gasteiger partial charge in [0.1, 0.15) is 5.82 Å². The van der Waals surface area contributed by atoms with Crippen LogP contribution < -0.4 is 5.32 Å². The van der Waals surface area contributed by atoms with Gasteiger partial charge in [0.2, 0.25) is 0 Å². The number of carbonyl (C=O) groups is 2. The molecule has 8 heteroatoms. The number of carbonyl (C=O) groups excluding carboxylic acids is 2. The largest absolute Gasteiger partial charge is 0.356 e. The number of amides is 1. The van der Waals surface area contributed by atoms with Gasteiger partial charge in [0, 0.05) is 28.8 Å². The van der Waals surface area contributed by atoms with Crippen molar-refractivity contribution < 1.29 is 18.5 Å². The SMILES string of the molecule is O=C(CN1CCC(c2noc3cc(F)ccc23)CC1)c1cc2c(s1)CCCNC2=O. The van der Waals surface area contributed by atoms with Crippen LogP contribution in [-0.2, 0) is 6.42 Å². The number of nitrogens with one attached hydrogen (secondary N) is 1. The van der Waals surface area contributed by atoms with Crippen LogP contribution in [0.25, 0.3) is 11.0 Å². The Kier molecular flexibility index (Phi) is 5.12. The summed E-state index contributed by atoms with van der Waals surface area (Å²) in [4.78, 5) is 28.8. The van der Waals surface area contributed by atoms with E-state index in [-0.39, 0.29) is 23.4 Å². The highest BCUT2D eigenvalue weighted by molar-refractivity contribution is 7.14. The van der Waals surface area contributed by atoms with Crippen LogP contribution in [0.15, 0.2) is 28.8 Å². The smallest absolute Gasteiger partial charge is 0.252 e. The van der Waals surface area contributed by atoms with E-state index in [0.717, 1.165) is 54.7 Å². The molecule has 6 nitrogen and oxygen atoms in total. The molecule has 5 rings (SSSR count). The van der Waals surface area contributed by atoms with Crippen molar-refractivity contribution >= 4 is 34.0 Å². The van der Waals surface area contributed by atoms with Crippen molar-refractivity contribution in [1.82, 2.24) is 15.4 Å². The lowest BCUT2D eigenvalue weighted by molar-refractivity contribution is 0.0912. The first-order valence-corrected chi connectivity index (χ1v) is 11.1. The van der Waals surface area contributed by atoms with Crippen LogP contribution in [0.3, 0.4) is 0 Å². The Morgan fingerprint density at radius 1 is 1.30 bits per heavy atom. The number of benzene rings is 1. The van der Waals surface area contributed by atoms with E-state index in [9.17, 15) is 14.0 Å². The van der Waals surface area contributed by atoms with Crippen LogP contribution >= 0.6 is 11.3 Å². The zero-order valence-electron chi connectivity index (χ0n) is 16.4. The fourth-order valence-corrected chi connectivity index (χ4v) is 5.49. The van der Waals surface area contributed by atoms with Crippen LogP contribution in [0, 0.1) is 5.82 Å². The fraction of sp³-hybridized carbons (Fsp3) is 0.409. The maximum absolute atomic E-state index is 13.4. The highest BCUT2D eigenvalue weighted by Crippen LogP contribution is 2.33. The zero-order chi connectivity index (χ0) is 20.7. The topological polar surface area (TPSA) is 75.4 Å². The molecule has 0 saturated carbocycles. The van der Waals surface area contributed by atoms with Gasteiger partial charge in [0.25, 0.3) is 5.91 Å². The van der Waals surface area contributed by atoms with Crippen molar-refractivity contribution in [3.63, 3.8) is 0 Å². The number of fused-ring (bicyclic) bond motifs is 2. The Balaban J connectivity index is 1.22. The molecule has 0 atom stereocenters. The molecule has 1 aromatic carbocycles. The first-order chi connectivity index (χ1) is 14.6. The van der Waals surface area contributed by atoms with Gasteiger partial charge in [0.15, 0.2) is 11.4 Å². The zero-order valence-corrected chi connectivity index (χ0v) is 17.3. The molecular weight excluding hydrogens is 405 g/mol. The average Bonchev–Trinajstić information content (AvgIpc) is 3.32. The molecule has 3 aromatic rings. The number of piperidine rings is 1. The van der Waals surface area contributed by atoms with Gasteiger partial charge in [-0.25, -0.2) is 4.39 Å². The number of aromatic nitrogens is 1. The van der Waals surface area contributed by atoms with Crippen LogP contribution in [0.5, 0.6) is 0 Å². The number of hydrogen-bond acceptors (Lipinski definition) is 6. The summed E-state index contributed by atoms with van der Waals surface area (Å²) in [5.41, 5.74) is 2.02. The van der Waals surface area contributed by atoms with Crippen LogP contribution in [-0.4, -0.2) is 47.9 Å². The standard InChI is InChI=1S/C22H22FN3O3S/c23-14-3-4-15-18(10-14)29-25-21(15)13-5-8-26(9-6-13)12-17(27)20-11-16-19(30-20)2-1-7-24-22(16)28/h3-4,10-11,13H,1-2,5-9,12H2,(H,24,28). The Labute approximate surface area is 177 Å². The van der Waals surface area contributed by atoms with Gasteiger partial charge < -0.3 is 9.84 Å². The fourth-order valence-electron chi connectivity index (χ4n) is 4.36. The lowest BCUT2D eigenvalue weighted by Crippen LogP contribution is -2.36. The van der Waals surface area contributed by atoms with E-state index >= 15 is 0 Å². The quantitative estimate of drug-likeness (QED) is 0.642. The molecule has 156 valence electrons. The Hall–Kier alpha value is -2.58. The minimum Gasteiger partial charge on any atom is -0.356 e. The third-order valence-corrected chi connectivity index (χ3v) is 7.23. The number of nitrogens with zero attached hydrogens (tertiary/aromatic N) is 2. The summed E-state index contributed by atoms with van der Waals surface area (Å²) < 4.78 is 18.7. The molecule has 2 aromatic heterocycles. The molecule has 0 unspecified atom stereocenters. The molecule has 0 bridgehead atoms. The number of likely N-dealkylation sites (tertiary alicyclic amines) is 1. The van der Waals surface area contributed by atoms with Gasteiger partial charge >= 0.3 is 0 Å². The van der Waals surface area contributed by atoms with E-state index in [1.165, 1.54) is 23.5 Å². The number of ketones is 1. The monoisotopic (exact) mass is 427 g/mol. The number of rotatable bonds is 4. The summed E-state index contributed by atoms with van der Waals surface area (Å²) in [7, 11) is 0. The van der Waals surface area contributed by atoms with E-state index in [4.69, 9.17) is 4.52 Å². The van der Waals surface area contributed by atoms with Crippen molar-refractivity contribution in [2.45, 2.75) is 31.6 Å². The summed E-state index contributed by atoms with van der Waals surface area (Å²) in [6, 6.07) is 6.28. The molecular formula is C22H22FN3O3S. The maximum atomic E-state index is 13.4. The highest BCUT2D eigenvalue weighted by Gasteiger charge is 2.27. The molecule has 2 aliphatic rings. The lowest BCUT2D eigenvalue weighted by Gasteiger charge is -2.30. The Bertz CT molecular complexity index is 1110. The van der Waals surface area contributed by atoms with Crippen LogP contribution in [0.2, 0.25) is 0 Å². The summed E-state index contributed by atoms with van der Waals surface area (Å²) in [6.07, 6.45) is 3.49. The molecule has 0 spiro atoms. The number of halogens is 1. The van der Waals surface area contributed by atoms with E-state index in [1.54, 1.807) is 12.1 Å². The molecule has 2 aliphatic heterocycles. The van der Waals surface area contributed by atoms with E-state index in [2.05, 4.69) is 15.4 Å². The number of aryl methyl sites for hydroxylation is 1. The summed E-state index contributed by atoms with van der Waals surface area (Å²) >= 11 is 1.46. The molecule has 1 saturated heterocycles. The van der Waals surface area contributed by atoms with Crippen molar-refractivity contribution in [2.75, 3.05) is 26.2 Å².